The minimum Gasteiger partial charge on any atom is -0.351 e. The van der Waals surface area contributed by atoms with Gasteiger partial charge in [0.15, 0.2) is 0 Å². The van der Waals surface area contributed by atoms with Crippen LogP contribution >= 0.6 is 0 Å². The van der Waals surface area contributed by atoms with E-state index in [0.717, 1.165) is 24.9 Å². The Morgan fingerprint density at radius 1 is 1.32 bits per heavy atom. The topological polar surface area (TPSA) is 58.4 Å². The van der Waals surface area contributed by atoms with E-state index in [9.17, 15) is 4.79 Å². The number of amides is 1. The van der Waals surface area contributed by atoms with Crippen molar-refractivity contribution in [2.75, 3.05) is 14.1 Å². The Morgan fingerprint density at radius 2 is 1.95 bits per heavy atom. The summed E-state index contributed by atoms with van der Waals surface area (Å²) < 4.78 is 0. The lowest BCUT2D eigenvalue weighted by Gasteiger charge is -2.16. The molecule has 0 spiro atoms. The standard InChI is InChI=1S/C15H25N3O/c1-4-7-14(16)15(19)17-10-12-8-5-6-9-13(12)11-18(2)3/h5-6,8-9,14H,4,7,10-11,16H2,1-3H3,(H,17,19)/t14-/m1/s1. The highest BCUT2D eigenvalue weighted by Gasteiger charge is 2.12. The predicted molar refractivity (Wildman–Crippen MR) is 78.6 cm³/mol. The number of nitrogens with two attached hydrogens (primary N) is 1. The van der Waals surface area contributed by atoms with Crippen LogP contribution in [0.15, 0.2) is 24.3 Å². The quantitative estimate of drug-likeness (QED) is 0.783. The molecule has 0 unspecified atom stereocenters. The van der Waals surface area contributed by atoms with Crippen LogP contribution in [0.1, 0.15) is 30.9 Å². The number of benzene rings is 1. The number of hydrogen-bond donors (Lipinski definition) is 2. The van der Waals surface area contributed by atoms with E-state index in [2.05, 4.69) is 16.3 Å². The molecule has 0 aliphatic heterocycles. The highest BCUT2D eigenvalue weighted by molar-refractivity contribution is 5.81. The van der Waals surface area contributed by atoms with Crippen molar-refractivity contribution in [3.8, 4) is 0 Å². The fourth-order valence-electron chi connectivity index (χ4n) is 1.98. The highest BCUT2D eigenvalue weighted by Crippen LogP contribution is 2.10. The fourth-order valence-corrected chi connectivity index (χ4v) is 1.98. The third-order valence-electron chi connectivity index (χ3n) is 2.99. The minimum atomic E-state index is -0.397. The molecule has 1 amide bonds. The lowest BCUT2D eigenvalue weighted by molar-refractivity contribution is -0.122. The molecule has 0 aromatic heterocycles. The Bertz CT molecular complexity index is 404. The smallest absolute Gasteiger partial charge is 0.237 e. The van der Waals surface area contributed by atoms with Crippen LogP contribution in [0, 0.1) is 0 Å². The summed E-state index contributed by atoms with van der Waals surface area (Å²) in [4.78, 5) is 13.9. The molecule has 1 aromatic rings. The summed E-state index contributed by atoms with van der Waals surface area (Å²) in [5.74, 6) is -0.0680. The van der Waals surface area contributed by atoms with Crippen molar-refractivity contribution in [2.24, 2.45) is 5.73 Å². The van der Waals surface area contributed by atoms with Crippen LogP contribution < -0.4 is 11.1 Å². The maximum Gasteiger partial charge on any atom is 0.237 e. The van der Waals surface area contributed by atoms with Gasteiger partial charge < -0.3 is 16.0 Å². The van der Waals surface area contributed by atoms with Gasteiger partial charge in [-0.3, -0.25) is 4.79 Å². The summed E-state index contributed by atoms with van der Waals surface area (Å²) in [6.45, 7) is 3.44. The van der Waals surface area contributed by atoms with E-state index in [1.165, 1.54) is 5.56 Å². The van der Waals surface area contributed by atoms with Crippen molar-refractivity contribution in [1.82, 2.24) is 10.2 Å². The number of hydrogen-bond acceptors (Lipinski definition) is 3. The molecular weight excluding hydrogens is 238 g/mol. The first-order valence-electron chi connectivity index (χ1n) is 6.79. The number of carbonyl (C=O) groups is 1. The van der Waals surface area contributed by atoms with Crippen LogP contribution in [0.3, 0.4) is 0 Å². The lowest BCUT2D eigenvalue weighted by Crippen LogP contribution is -2.40. The molecule has 4 nitrogen and oxygen atoms in total. The second-order valence-corrected chi connectivity index (χ2v) is 5.12. The Labute approximate surface area is 116 Å². The average molecular weight is 263 g/mol. The summed E-state index contributed by atoms with van der Waals surface area (Å²) in [6.07, 6.45) is 1.65. The molecule has 19 heavy (non-hydrogen) atoms. The zero-order valence-electron chi connectivity index (χ0n) is 12.1. The molecule has 0 saturated carbocycles. The van der Waals surface area contributed by atoms with Gasteiger partial charge >= 0.3 is 0 Å². The largest absolute Gasteiger partial charge is 0.351 e. The zero-order chi connectivity index (χ0) is 14.3. The van der Waals surface area contributed by atoms with Crippen LogP contribution in [-0.2, 0) is 17.9 Å². The summed E-state index contributed by atoms with van der Waals surface area (Å²) >= 11 is 0. The lowest BCUT2D eigenvalue weighted by atomic mass is 10.1. The van der Waals surface area contributed by atoms with Crippen LogP contribution in [0.5, 0.6) is 0 Å². The van der Waals surface area contributed by atoms with E-state index in [1.807, 2.05) is 39.2 Å². The van der Waals surface area contributed by atoms with Crippen LogP contribution in [0.2, 0.25) is 0 Å². The van der Waals surface area contributed by atoms with Gasteiger partial charge in [-0.25, -0.2) is 0 Å². The maximum atomic E-state index is 11.8. The van der Waals surface area contributed by atoms with Gasteiger partial charge in [0.05, 0.1) is 6.04 Å². The molecule has 3 N–H and O–H groups in total. The SMILES string of the molecule is CCC[C@@H](N)C(=O)NCc1ccccc1CN(C)C. The molecule has 1 atom stereocenters. The van der Waals surface area contributed by atoms with Crippen LogP contribution in [0.25, 0.3) is 0 Å². The second-order valence-electron chi connectivity index (χ2n) is 5.12. The molecule has 4 heteroatoms. The first-order chi connectivity index (χ1) is 9.04. The van der Waals surface area contributed by atoms with Gasteiger partial charge in [-0.15, -0.1) is 0 Å². The predicted octanol–water partition coefficient (Wildman–Crippen LogP) is 1.49. The summed E-state index contributed by atoms with van der Waals surface area (Å²) in [5, 5.41) is 2.91. The van der Waals surface area contributed by atoms with Gasteiger partial charge in [-0.05, 0) is 31.6 Å². The molecule has 0 bridgehead atoms. The van der Waals surface area contributed by atoms with Gasteiger partial charge in [0.1, 0.15) is 0 Å². The number of nitrogens with zero attached hydrogens (tertiary/aromatic N) is 1. The third kappa shape index (κ3) is 5.41. The molecule has 0 aliphatic carbocycles. The van der Waals surface area contributed by atoms with Gasteiger partial charge in [0.2, 0.25) is 5.91 Å². The first kappa shape index (κ1) is 15.7. The molecule has 0 fully saturated rings. The van der Waals surface area contributed by atoms with E-state index < -0.39 is 6.04 Å². The van der Waals surface area contributed by atoms with E-state index in [-0.39, 0.29) is 5.91 Å². The second kappa shape index (κ2) is 7.92. The van der Waals surface area contributed by atoms with E-state index in [0.29, 0.717) is 6.54 Å². The number of rotatable bonds is 7. The molecule has 1 rings (SSSR count). The van der Waals surface area contributed by atoms with Gasteiger partial charge in [0.25, 0.3) is 0 Å². The Kier molecular flexibility index (Phi) is 6.53. The zero-order valence-corrected chi connectivity index (χ0v) is 12.1. The van der Waals surface area contributed by atoms with Gasteiger partial charge in [-0.1, -0.05) is 37.6 Å². The average Bonchev–Trinajstić information content (AvgIpc) is 2.37. The van der Waals surface area contributed by atoms with Gasteiger partial charge in [-0.2, -0.15) is 0 Å². The summed E-state index contributed by atoms with van der Waals surface area (Å²) in [7, 11) is 4.07. The minimum absolute atomic E-state index is 0.0680. The highest BCUT2D eigenvalue weighted by atomic mass is 16.2. The van der Waals surface area contributed by atoms with Crippen molar-refractivity contribution in [3.05, 3.63) is 35.4 Å². The van der Waals surface area contributed by atoms with Crippen molar-refractivity contribution in [2.45, 2.75) is 38.9 Å². The monoisotopic (exact) mass is 263 g/mol. The molecule has 0 aliphatic rings. The summed E-state index contributed by atoms with van der Waals surface area (Å²) in [5.41, 5.74) is 8.17. The molecular formula is C15H25N3O. The molecule has 0 heterocycles. The van der Waals surface area contributed by atoms with Gasteiger partial charge in [0, 0.05) is 13.1 Å². The third-order valence-corrected chi connectivity index (χ3v) is 2.99. The van der Waals surface area contributed by atoms with E-state index in [1.54, 1.807) is 0 Å². The summed E-state index contributed by atoms with van der Waals surface area (Å²) in [6, 6.07) is 7.75. The van der Waals surface area contributed by atoms with Crippen LogP contribution in [0.4, 0.5) is 0 Å². The normalized spacial score (nSPS) is 12.5. The van der Waals surface area contributed by atoms with E-state index >= 15 is 0 Å². The van der Waals surface area contributed by atoms with Crippen molar-refractivity contribution in [1.29, 1.82) is 0 Å². The van der Waals surface area contributed by atoms with Crippen molar-refractivity contribution >= 4 is 5.91 Å². The Hall–Kier alpha value is -1.39. The van der Waals surface area contributed by atoms with E-state index in [4.69, 9.17) is 5.73 Å². The maximum absolute atomic E-state index is 11.8. The first-order valence-corrected chi connectivity index (χ1v) is 6.79. The fraction of sp³-hybridized carbons (Fsp3) is 0.533. The van der Waals surface area contributed by atoms with Crippen molar-refractivity contribution < 1.29 is 4.79 Å². The molecule has 0 radical (unpaired) electrons. The Balaban J connectivity index is 2.59. The Morgan fingerprint density at radius 3 is 2.53 bits per heavy atom. The number of nitrogens with one attached hydrogen (secondary N) is 1. The number of carbonyl (C=O) groups excluding carboxylic acids is 1. The molecule has 106 valence electrons. The van der Waals surface area contributed by atoms with Crippen LogP contribution in [-0.4, -0.2) is 30.9 Å². The molecule has 0 saturated heterocycles. The molecule has 1 aromatic carbocycles. The van der Waals surface area contributed by atoms with Crippen molar-refractivity contribution in [3.63, 3.8) is 0 Å².